The second-order valence-electron chi connectivity index (χ2n) is 3.81. The molecule has 0 spiro atoms. The quantitative estimate of drug-likeness (QED) is 0.645. The van der Waals surface area contributed by atoms with Gasteiger partial charge in [-0.1, -0.05) is 12.1 Å². The van der Waals surface area contributed by atoms with E-state index in [0.29, 0.717) is 23.0 Å². The van der Waals surface area contributed by atoms with Crippen molar-refractivity contribution in [1.82, 2.24) is 15.2 Å². The Labute approximate surface area is 102 Å². The number of aromatic amines is 1. The molecule has 2 aromatic heterocycles. The number of pyridine rings is 1. The van der Waals surface area contributed by atoms with Gasteiger partial charge < -0.3 is 11.1 Å². The van der Waals surface area contributed by atoms with Crippen molar-refractivity contribution < 1.29 is 4.39 Å². The van der Waals surface area contributed by atoms with E-state index in [9.17, 15) is 4.39 Å². The van der Waals surface area contributed by atoms with E-state index in [1.807, 2.05) is 0 Å². The number of aromatic nitrogens is 3. The van der Waals surface area contributed by atoms with E-state index in [4.69, 9.17) is 5.73 Å². The van der Waals surface area contributed by atoms with Gasteiger partial charge in [0.25, 0.3) is 0 Å². The van der Waals surface area contributed by atoms with Crippen LogP contribution in [0.2, 0.25) is 0 Å². The van der Waals surface area contributed by atoms with Crippen molar-refractivity contribution in [3.63, 3.8) is 0 Å². The third-order valence-electron chi connectivity index (χ3n) is 2.59. The standard InChI is InChI=1S/C12H10FN5/c13-8-3-1-2-4-9(8)15-10-6-5-7-11(14)17-18-12(7)16-10/h1-6H,(H4,14,15,16,17,18). The molecule has 4 N–H and O–H groups in total. The van der Waals surface area contributed by atoms with Gasteiger partial charge in [0.15, 0.2) is 11.5 Å². The lowest BCUT2D eigenvalue weighted by atomic mass is 10.3. The fourth-order valence-corrected chi connectivity index (χ4v) is 1.69. The van der Waals surface area contributed by atoms with Crippen LogP contribution in [0.15, 0.2) is 36.4 Å². The summed E-state index contributed by atoms with van der Waals surface area (Å²) in [6.07, 6.45) is 0. The number of nitrogen functional groups attached to an aromatic ring is 1. The molecule has 2 heterocycles. The number of nitrogens with one attached hydrogen (secondary N) is 2. The van der Waals surface area contributed by atoms with Crippen LogP contribution in [0.3, 0.4) is 0 Å². The minimum Gasteiger partial charge on any atom is -0.382 e. The van der Waals surface area contributed by atoms with Crippen molar-refractivity contribution in [2.45, 2.75) is 0 Å². The molecular formula is C12H10FN5. The van der Waals surface area contributed by atoms with Gasteiger partial charge in [0.1, 0.15) is 11.6 Å². The molecule has 0 bridgehead atoms. The Balaban J connectivity index is 1.98. The lowest BCUT2D eigenvalue weighted by molar-refractivity contribution is 0.632. The van der Waals surface area contributed by atoms with E-state index in [-0.39, 0.29) is 5.82 Å². The molecule has 0 atom stereocenters. The first-order valence-corrected chi connectivity index (χ1v) is 5.36. The highest BCUT2D eigenvalue weighted by atomic mass is 19.1. The SMILES string of the molecule is Nc1n[nH]c2nc(Nc3ccccc3F)ccc12. The van der Waals surface area contributed by atoms with E-state index in [2.05, 4.69) is 20.5 Å². The normalized spacial score (nSPS) is 10.7. The number of rotatable bonds is 2. The largest absolute Gasteiger partial charge is 0.382 e. The van der Waals surface area contributed by atoms with Crippen molar-refractivity contribution in [2.75, 3.05) is 11.1 Å². The van der Waals surface area contributed by atoms with E-state index in [1.165, 1.54) is 6.07 Å². The molecule has 0 saturated heterocycles. The van der Waals surface area contributed by atoms with Crippen molar-refractivity contribution in [3.05, 3.63) is 42.2 Å². The zero-order valence-electron chi connectivity index (χ0n) is 9.31. The summed E-state index contributed by atoms with van der Waals surface area (Å²) in [6.45, 7) is 0. The predicted octanol–water partition coefficient (Wildman–Crippen LogP) is 2.42. The Morgan fingerprint density at radius 1 is 1.17 bits per heavy atom. The second kappa shape index (κ2) is 3.99. The van der Waals surface area contributed by atoms with Crippen LogP contribution in [0.5, 0.6) is 0 Å². The summed E-state index contributed by atoms with van der Waals surface area (Å²) in [5.41, 5.74) is 6.58. The number of benzene rings is 1. The number of fused-ring (bicyclic) bond motifs is 1. The predicted molar refractivity (Wildman–Crippen MR) is 68.0 cm³/mol. The molecule has 5 nitrogen and oxygen atoms in total. The lowest BCUT2D eigenvalue weighted by Crippen LogP contribution is -1.96. The van der Waals surface area contributed by atoms with Gasteiger partial charge in [-0.3, -0.25) is 5.10 Å². The zero-order chi connectivity index (χ0) is 12.5. The Morgan fingerprint density at radius 2 is 2.00 bits per heavy atom. The number of anilines is 3. The van der Waals surface area contributed by atoms with Gasteiger partial charge in [0, 0.05) is 0 Å². The van der Waals surface area contributed by atoms with Crippen LogP contribution in [0, 0.1) is 5.82 Å². The Kier molecular flexibility index (Phi) is 2.33. The Bertz CT molecular complexity index is 707. The van der Waals surface area contributed by atoms with Crippen molar-refractivity contribution in [2.24, 2.45) is 0 Å². The van der Waals surface area contributed by atoms with E-state index in [0.717, 1.165) is 5.39 Å². The Hall–Kier alpha value is -2.63. The smallest absolute Gasteiger partial charge is 0.159 e. The van der Waals surface area contributed by atoms with Gasteiger partial charge in [-0.15, -0.1) is 0 Å². The lowest BCUT2D eigenvalue weighted by Gasteiger charge is -2.06. The summed E-state index contributed by atoms with van der Waals surface area (Å²) in [5.74, 6) is 0.592. The molecule has 0 unspecified atom stereocenters. The zero-order valence-corrected chi connectivity index (χ0v) is 9.31. The van der Waals surface area contributed by atoms with Gasteiger partial charge in [-0.25, -0.2) is 9.37 Å². The highest BCUT2D eigenvalue weighted by Crippen LogP contribution is 2.21. The number of para-hydroxylation sites is 1. The number of hydrogen-bond donors (Lipinski definition) is 3. The molecule has 3 rings (SSSR count). The molecule has 0 aliphatic heterocycles. The molecule has 0 saturated carbocycles. The van der Waals surface area contributed by atoms with Crippen LogP contribution in [-0.2, 0) is 0 Å². The van der Waals surface area contributed by atoms with Crippen molar-refractivity contribution in [1.29, 1.82) is 0 Å². The molecule has 0 fully saturated rings. The highest BCUT2D eigenvalue weighted by molar-refractivity contribution is 5.87. The van der Waals surface area contributed by atoms with Gasteiger partial charge in [0.2, 0.25) is 0 Å². The third kappa shape index (κ3) is 1.73. The van der Waals surface area contributed by atoms with Crippen LogP contribution >= 0.6 is 0 Å². The number of H-pyrrole nitrogens is 1. The third-order valence-corrected chi connectivity index (χ3v) is 2.59. The minimum absolute atomic E-state index is 0.330. The van der Waals surface area contributed by atoms with Crippen molar-refractivity contribution in [3.8, 4) is 0 Å². The average molecular weight is 243 g/mol. The van der Waals surface area contributed by atoms with Crippen LogP contribution in [0.1, 0.15) is 0 Å². The highest BCUT2D eigenvalue weighted by Gasteiger charge is 2.06. The van der Waals surface area contributed by atoms with E-state index in [1.54, 1.807) is 30.3 Å². The second-order valence-corrected chi connectivity index (χ2v) is 3.81. The summed E-state index contributed by atoms with van der Waals surface area (Å²) in [6, 6.07) is 9.91. The summed E-state index contributed by atoms with van der Waals surface area (Å²) in [4.78, 5) is 4.26. The van der Waals surface area contributed by atoms with Gasteiger partial charge in [-0.2, -0.15) is 5.10 Å². The van der Waals surface area contributed by atoms with E-state index < -0.39 is 0 Å². The molecule has 18 heavy (non-hydrogen) atoms. The molecule has 6 heteroatoms. The van der Waals surface area contributed by atoms with Crippen molar-refractivity contribution >= 4 is 28.4 Å². The fourth-order valence-electron chi connectivity index (χ4n) is 1.69. The fraction of sp³-hybridized carbons (Fsp3) is 0. The first-order valence-electron chi connectivity index (χ1n) is 5.36. The van der Waals surface area contributed by atoms with Crippen LogP contribution < -0.4 is 11.1 Å². The van der Waals surface area contributed by atoms with Crippen LogP contribution in [0.25, 0.3) is 11.0 Å². The first-order chi connectivity index (χ1) is 8.74. The molecule has 3 aromatic rings. The van der Waals surface area contributed by atoms with Crippen LogP contribution in [-0.4, -0.2) is 15.2 Å². The molecule has 1 aromatic carbocycles. The number of nitrogens with zero attached hydrogens (tertiary/aromatic N) is 2. The van der Waals surface area contributed by atoms with E-state index >= 15 is 0 Å². The van der Waals surface area contributed by atoms with Crippen LogP contribution in [0.4, 0.5) is 21.7 Å². The first kappa shape index (κ1) is 10.5. The summed E-state index contributed by atoms with van der Waals surface area (Å²) >= 11 is 0. The van der Waals surface area contributed by atoms with Gasteiger partial charge in [0.05, 0.1) is 11.1 Å². The minimum atomic E-state index is -0.330. The number of nitrogens with two attached hydrogens (primary N) is 1. The molecule has 0 aliphatic carbocycles. The maximum absolute atomic E-state index is 13.5. The topological polar surface area (TPSA) is 79.6 Å². The summed E-state index contributed by atoms with van der Waals surface area (Å²) in [7, 11) is 0. The Morgan fingerprint density at radius 3 is 2.83 bits per heavy atom. The molecule has 90 valence electrons. The van der Waals surface area contributed by atoms with Gasteiger partial charge >= 0.3 is 0 Å². The average Bonchev–Trinajstić information content (AvgIpc) is 2.74. The summed E-state index contributed by atoms with van der Waals surface area (Å²) in [5, 5.41) is 10.2. The molecular weight excluding hydrogens is 233 g/mol. The number of halogens is 1. The number of hydrogen-bond acceptors (Lipinski definition) is 4. The molecule has 0 aliphatic rings. The maximum atomic E-state index is 13.5. The maximum Gasteiger partial charge on any atom is 0.159 e. The molecule has 0 radical (unpaired) electrons. The monoisotopic (exact) mass is 243 g/mol. The molecule has 0 amide bonds. The summed E-state index contributed by atoms with van der Waals surface area (Å²) < 4.78 is 13.5. The van der Waals surface area contributed by atoms with Gasteiger partial charge in [-0.05, 0) is 24.3 Å².